The highest BCUT2D eigenvalue weighted by atomic mass is 16.4. The molecule has 0 aliphatic rings. The highest BCUT2D eigenvalue weighted by Gasteiger charge is 2.19. The second-order valence-electron chi connectivity index (χ2n) is 6.89. The molecule has 0 bridgehead atoms. The summed E-state index contributed by atoms with van der Waals surface area (Å²) in [5.41, 5.74) is 3.39. The van der Waals surface area contributed by atoms with Gasteiger partial charge in [0.2, 0.25) is 0 Å². The molecule has 1 heterocycles. The van der Waals surface area contributed by atoms with E-state index in [-0.39, 0.29) is 24.1 Å². The summed E-state index contributed by atoms with van der Waals surface area (Å²) in [5, 5.41) is 28.3. The van der Waals surface area contributed by atoms with Crippen LogP contribution in [0.3, 0.4) is 0 Å². The highest BCUT2D eigenvalue weighted by Crippen LogP contribution is 2.25. The van der Waals surface area contributed by atoms with E-state index in [1.54, 1.807) is 0 Å². The van der Waals surface area contributed by atoms with Gasteiger partial charge in [0, 0.05) is 18.5 Å². The van der Waals surface area contributed by atoms with Crippen LogP contribution in [0, 0.1) is 11.3 Å². The summed E-state index contributed by atoms with van der Waals surface area (Å²) < 4.78 is 0. The number of ketones is 1. The van der Waals surface area contributed by atoms with Crippen LogP contribution in [0.2, 0.25) is 0 Å². The fourth-order valence-electron chi connectivity index (χ4n) is 3.21. The zero-order valence-electron chi connectivity index (χ0n) is 16.2. The topological polar surface area (TPSA) is 111 Å². The summed E-state index contributed by atoms with van der Waals surface area (Å²) in [6.45, 7) is 0. The van der Waals surface area contributed by atoms with Crippen molar-refractivity contribution >= 4 is 11.8 Å². The van der Waals surface area contributed by atoms with Crippen LogP contribution < -0.4 is 0 Å². The van der Waals surface area contributed by atoms with Crippen molar-refractivity contribution in [2.45, 2.75) is 25.7 Å². The van der Waals surface area contributed by atoms with Crippen molar-refractivity contribution in [2.24, 2.45) is 0 Å². The molecular weight excluding hydrogens is 380 g/mol. The van der Waals surface area contributed by atoms with Crippen LogP contribution in [0.25, 0.3) is 0 Å². The van der Waals surface area contributed by atoms with Gasteiger partial charge in [-0.2, -0.15) is 5.26 Å². The van der Waals surface area contributed by atoms with Crippen LogP contribution >= 0.6 is 0 Å². The van der Waals surface area contributed by atoms with Crippen LogP contribution in [-0.2, 0) is 17.6 Å². The zero-order chi connectivity index (χ0) is 21.5. The van der Waals surface area contributed by atoms with E-state index in [0.29, 0.717) is 12.1 Å². The molecule has 0 amide bonds. The molecule has 1 aromatic heterocycles. The average molecular weight is 400 g/mol. The third-order valence-electron chi connectivity index (χ3n) is 4.72. The minimum Gasteiger partial charge on any atom is -0.504 e. The summed E-state index contributed by atoms with van der Waals surface area (Å²) in [6, 6.07) is 21.2. The van der Waals surface area contributed by atoms with Gasteiger partial charge in [0.05, 0.1) is 12.0 Å². The van der Waals surface area contributed by atoms with Gasteiger partial charge < -0.3 is 10.2 Å². The summed E-state index contributed by atoms with van der Waals surface area (Å²) in [5.74, 6) is -2.23. The first-order chi connectivity index (χ1) is 14.5. The van der Waals surface area contributed by atoms with Gasteiger partial charge in [-0.15, -0.1) is 0 Å². The lowest BCUT2D eigenvalue weighted by molar-refractivity contribution is -0.136. The van der Waals surface area contributed by atoms with Gasteiger partial charge in [-0.3, -0.25) is 9.59 Å². The smallest absolute Gasteiger partial charge is 0.303 e. The van der Waals surface area contributed by atoms with Crippen LogP contribution in [0.5, 0.6) is 5.75 Å². The van der Waals surface area contributed by atoms with E-state index in [4.69, 9.17) is 5.11 Å². The number of carboxylic acid groups (broad SMARTS) is 1. The number of hydrogen-bond donors (Lipinski definition) is 2. The Morgan fingerprint density at radius 1 is 0.933 bits per heavy atom. The van der Waals surface area contributed by atoms with Crippen molar-refractivity contribution in [3.8, 4) is 11.8 Å². The molecule has 0 unspecified atom stereocenters. The first-order valence-electron chi connectivity index (χ1n) is 9.46. The maximum atomic E-state index is 12.4. The number of nitrogens with zero attached hydrogens (tertiary/aromatic N) is 2. The third kappa shape index (κ3) is 5.09. The Kier molecular flexibility index (Phi) is 6.56. The second-order valence-corrected chi connectivity index (χ2v) is 6.89. The molecule has 0 aliphatic carbocycles. The predicted molar refractivity (Wildman–Crippen MR) is 110 cm³/mol. The van der Waals surface area contributed by atoms with Gasteiger partial charge in [-0.25, -0.2) is 4.98 Å². The summed E-state index contributed by atoms with van der Waals surface area (Å²) in [6.07, 6.45) is 0.433. The molecule has 0 saturated carbocycles. The van der Waals surface area contributed by atoms with E-state index in [0.717, 1.165) is 23.1 Å². The van der Waals surface area contributed by atoms with E-state index in [1.807, 2.05) is 60.7 Å². The maximum Gasteiger partial charge on any atom is 0.303 e. The van der Waals surface area contributed by atoms with Gasteiger partial charge in [0.25, 0.3) is 0 Å². The number of rotatable bonds is 8. The van der Waals surface area contributed by atoms with E-state index in [9.17, 15) is 20.0 Å². The zero-order valence-corrected chi connectivity index (χ0v) is 16.2. The van der Waals surface area contributed by atoms with Crippen molar-refractivity contribution in [3.05, 3.63) is 94.3 Å². The summed E-state index contributed by atoms with van der Waals surface area (Å²) >= 11 is 0. The van der Waals surface area contributed by atoms with E-state index in [1.165, 1.54) is 6.07 Å². The molecule has 0 radical (unpaired) electrons. The Bertz CT molecular complexity index is 1120. The van der Waals surface area contributed by atoms with Crippen molar-refractivity contribution in [1.82, 2.24) is 4.98 Å². The van der Waals surface area contributed by atoms with Crippen LogP contribution in [0.15, 0.2) is 60.7 Å². The molecular formula is C24H20N2O4. The number of carbonyl (C=O) groups excluding carboxylic acids is 1. The largest absolute Gasteiger partial charge is 0.504 e. The fourth-order valence-corrected chi connectivity index (χ4v) is 3.21. The molecule has 2 N–H and O–H groups in total. The number of hydrogen-bond acceptors (Lipinski definition) is 5. The molecule has 2 aromatic carbocycles. The number of Topliss-reactive ketones (excluding diaryl/α,β-unsaturated/α-hetero) is 1. The number of aromatic nitrogens is 1. The first-order valence-corrected chi connectivity index (χ1v) is 9.46. The highest BCUT2D eigenvalue weighted by molar-refractivity contribution is 5.98. The lowest BCUT2D eigenvalue weighted by Gasteiger charge is -2.12. The Labute approximate surface area is 174 Å². The third-order valence-corrected chi connectivity index (χ3v) is 4.72. The molecule has 0 aliphatic heterocycles. The lowest BCUT2D eigenvalue weighted by atomic mass is 9.96. The van der Waals surface area contributed by atoms with Gasteiger partial charge in [-0.05, 0) is 29.2 Å². The van der Waals surface area contributed by atoms with Gasteiger partial charge in [-0.1, -0.05) is 54.6 Å². The summed E-state index contributed by atoms with van der Waals surface area (Å²) in [7, 11) is 0. The molecule has 3 aromatic rings. The Morgan fingerprint density at radius 3 is 2.20 bits per heavy atom. The number of carbonyl (C=O) groups is 2. The number of aliphatic carboxylic acids is 1. The normalized spacial score (nSPS) is 10.4. The molecule has 3 rings (SSSR count). The lowest BCUT2D eigenvalue weighted by Crippen LogP contribution is -2.09. The molecule has 0 saturated heterocycles. The molecule has 150 valence electrons. The predicted octanol–water partition coefficient (Wildman–Crippen LogP) is 3.89. The maximum absolute atomic E-state index is 12.4. The Morgan fingerprint density at radius 2 is 1.57 bits per heavy atom. The Hall–Kier alpha value is -3.98. The number of aromatic hydroxyl groups is 1. The van der Waals surface area contributed by atoms with Gasteiger partial charge in [0.15, 0.2) is 11.5 Å². The number of nitriles is 1. The van der Waals surface area contributed by atoms with Crippen LogP contribution in [0.1, 0.15) is 51.3 Å². The first kappa shape index (κ1) is 20.7. The molecule has 0 atom stereocenters. The van der Waals surface area contributed by atoms with Crippen LogP contribution in [0.4, 0.5) is 0 Å². The van der Waals surface area contributed by atoms with E-state index >= 15 is 0 Å². The van der Waals surface area contributed by atoms with E-state index in [2.05, 4.69) is 4.98 Å². The number of benzene rings is 2. The van der Waals surface area contributed by atoms with Gasteiger partial charge >= 0.3 is 5.97 Å². The molecule has 6 heteroatoms. The van der Waals surface area contributed by atoms with Gasteiger partial charge in [0.1, 0.15) is 11.8 Å². The molecule has 6 nitrogen and oxygen atoms in total. The fraction of sp³-hybridized carbons (Fsp3) is 0.167. The minimum atomic E-state index is -1.12. The molecule has 0 fully saturated rings. The van der Waals surface area contributed by atoms with Crippen molar-refractivity contribution < 1.29 is 19.8 Å². The number of carboxylic acids is 1. The van der Waals surface area contributed by atoms with Crippen molar-refractivity contribution in [2.75, 3.05) is 0 Å². The Balaban J connectivity index is 1.92. The van der Waals surface area contributed by atoms with E-state index < -0.39 is 17.5 Å². The second kappa shape index (κ2) is 9.48. The quantitative estimate of drug-likeness (QED) is 0.555. The molecule has 0 spiro atoms. The van der Waals surface area contributed by atoms with Crippen LogP contribution in [-0.4, -0.2) is 26.9 Å². The average Bonchev–Trinajstić information content (AvgIpc) is 2.75. The standard InChI is InChI=1S/C24H20N2O4/c25-15-19-14-20(26-23(24(19)30)21(27)10-11-22(28)29)13-18-9-5-4-8-17(18)12-16-6-2-1-3-7-16/h1-9,14,30H,10-13H2,(H,28,29). The summed E-state index contributed by atoms with van der Waals surface area (Å²) in [4.78, 5) is 27.4. The monoisotopic (exact) mass is 400 g/mol. The SMILES string of the molecule is N#Cc1cc(Cc2ccccc2Cc2ccccc2)nc(C(=O)CCC(=O)O)c1O. The minimum absolute atomic E-state index is 0.0563. The molecule has 30 heavy (non-hydrogen) atoms. The number of pyridine rings is 1. The van der Waals surface area contributed by atoms with Crippen molar-refractivity contribution in [3.63, 3.8) is 0 Å². The van der Waals surface area contributed by atoms with Crippen molar-refractivity contribution in [1.29, 1.82) is 5.26 Å².